The Labute approximate surface area is 78.7 Å². The summed E-state index contributed by atoms with van der Waals surface area (Å²) in [6.07, 6.45) is 5.87. The molecule has 0 aliphatic heterocycles. The van der Waals surface area contributed by atoms with E-state index in [2.05, 4.69) is 5.92 Å². The molecule has 0 fully saturated rings. The topological polar surface area (TPSA) is 35.2 Å². The maximum atomic E-state index is 5.62. The predicted molar refractivity (Wildman–Crippen MR) is 53.5 cm³/mol. The first-order chi connectivity index (χ1) is 6.26. The van der Waals surface area contributed by atoms with Gasteiger partial charge in [0.05, 0.1) is 13.2 Å². The zero-order valence-corrected chi connectivity index (χ0v) is 7.66. The molecule has 0 aliphatic rings. The van der Waals surface area contributed by atoms with Crippen LogP contribution in [0.15, 0.2) is 24.3 Å². The maximum Gasteiger partial charge on any atom is 0.119 e. The van der Waals surface area contributed by atoms with Gasteiger partial charge in [-0.25, -0.2) is 0 Å². The number of rotatable bonds is 3. The molecule has 2 heteroatoms. The predicted octanol–water partition coefficient (Wildman–Crippen LogP) is 1.20. The van der Waals surface area contributed by atoms with Crippen molar-refractivity contribution in [3.8, 4) is 18.1 Å². The van der Waals surface area contributed by atoms with Crippen LogP contribution in [-0.4, -0.2) is 13.2 Å². The minimum Gasteiger partial charge on any atom is -0.497 e. The zero-order chi connectivity index (χ0) is 9.68. The van der Waals surface area contributed by atoms with E-state index >= 15 is 0 Å². The Kier molecular flexibility index (Phi) is 3.36. The molecular formula is C11H13NO. The van der Waals surface area contributed by atoms with Gasteiger partial charge in [0.2, 0.25) is 0 Å². The molecule has 13 heavy (non-hydrogen) atoms. The summed E-state index contributed by atoms with van der Waals surface area (Å²) in [6, 6.07) is 7.53. The van der Waals surface area contributed by atoms with Gasteiger partial charge in [0.15, 0.2) is 0 Å². The smallest absolute Gasteiger partial charge is 0.119 e. The molecule has 0 aliphatic carbocycles. The highest BCUT2D eigenvalue weighted by Gasteiger charge is 2.00. The van der Waals surface area contributed by atoms with Crippen molar-refractivity contribution in [1.29, 1.82) is 0 Å². The Morgan fingerprint density at radius 1 is 1.62 bits per heavy atom. The molecule has 0 aromatic heterocycles. The lowest BCUT2D eigenvalue weighted by Gasteiger charge is -2.06. The molecule has 0 spiro atoms. The molecule has 1 aromatic rings. The van der Waals surface area contributed by atoms with Crippen molar-refractivity contribution in [2.45, 2.75) is 12.5 Å². The normalized spacial score (nSPS) is 11.8. The van der Waals surface area contributed by atoms with Gasteiger partial charge in [0, 0.05) is 0 Å². The number of terminal acetylenes is 1. The van der Waals surface area contributed by atoms with Gasteiger partial charge in [-0.1, -0.05) is 18.1 Å². The van der Waals surface area contributed by atoms with Crippen molar-refractivity contribution in [1.82, 2.24) is 0 Å². The van der Waals surface area contributed by atoms with E-state index in [-0.39, 0.29) is 6.04 Å². The van der Waals surface area contributed by atoms with Crippen molar-refractivity contribution in [2.24, 2.45) is 5.73 Å². The van der Waals surface area contributed by atoms with Crippen molar-refractivity contribution in [3.63, 3.8) is 0 Å². The number of methoxy groups -OCH3 is 1. The molecule has 2 N–H and O–H groups in total. The summed E-state index contributed by atoms with van der Waals surface area (Å²) >= 11 is 0. The molecule has 0 heterocycles. The van der Waals surface area contributed by atoms with Crippen LogP contribution in [0, 0.1) is 12.3 Å². The van der Waals surface area contributed by atoms with Crippen LogP contribution < -0.4 is 10.5 Å². The van der Waals surface area contributed by atoms with E-state index in [0.29, 0.717) is 6.42 Å². The fourth-order valence-corrected chi connectivity index (χ4v) is 1.11. The lowest BCUT2D eigenvalue weighted by atomic mass is 10.1. The average Bonchev–Trinajstić information content (AvgIpc) is 2.18. The minimum atomic E-state index is -0.216. The molecule has 1 unspecified atom stereocenters. The van der Waals surface area contributed by atoms with E-state index in [1.807, 2.05) is 24.3 Å². The Bertz CT molecular complexity index is 314. The van der Waals surface area contributed by atoms with Crippen molar-refractivity contribution in [3.05, 3.63) is 29.8 Å². The second-order valence-corrected chi connectivity index (χ2v) is 2.83. The highest BCUT2D eigenvalue weighted by molar-refractivity contribution is 5.29. The minimum absolute atomic E-state index is 0.216. The van der Waals surface area contributed by atoms with Gasteiger partial charge < -0.3 is 10.5 Å². The summed E-state index contributed by atoms with van der Waals surface area (Å²) in [6.45, 7) is 0. The highest BCUT2D eigenvalue weighted by atomic mass is 16.5. The van der Waals surface area contributed by atoms with Gasteiger partial charge in [0.1, 0.15) is 5.75 Å². The van der Waals surface area contributed by atoms with E-state index < -0.39 is 0 Å². The van der Waals surface area contributed by atoms with Gasteiger partial charge >= 0.3 is 0 Å². The van der Waals surface area contributed by atoms with Crippen molar-refractivity contribution < 1.29 is 4.74 Å². The van der Waals surface area contributed by atoms with Crippen molar-refractivity contribution in [2.75, 3.05) is 7.11 Å². The first-order valence-corrected chi connectivity index (χ1v) is 4.11. The Balaban J connectivity index is 2.73. The van der Waals surface area contributed by atoms with E-state index in [0.717, 1.165) is 11.3 Å². The number of benzene rings is 1. The Hall–Kier alpha value is -1.46. The van der Waals surface area contributed by atoms with Gasteiger partial charge in [0.25, 0.3) is 0 Å². The van der Waals surface area contributed by atoms with Gasteiger partial charge in [-0.15, -0.1) is 6.42 Å². The fourth-order valence-electron chi connectivity index (χ4n) is 1.11. The number of ether oxygens (including phenoxy) is 1. The third-order valence-electron chi connectivity index (χ3n) is 1.80. The van der Waals surface area contributed by atoms with E-state index in [1.165, 1.54) is 0 Å². The quantitative estimate of drug-likeness (QED) is 0.700. The lowest BCUT2D eigenvalue weighted by Crippen LogP contribution is -2.19. The first kappa shape index (κ1) is 9.63. The summed E-state index contributed by atoms with van der Waals surface area (Å²) in [5, 5.41) is 0. The van der Waals surface area contributed by atoms with Crippen LogP contribution in [-0.2, 0) is 6.42 Å². The largest absolute Gasteiger partial charge is 0.497 e. The fraction of sp³-hybridized carbons (Fsp3) is 0.273. The van der Waals surface area contributed by atoms with Gasteiger partial charge in [-0.05, 0) is 24.1 Å². The number of hydrogen-bond donors (Lipinski definition) is 1. The zero-order valence-electron chi connectivity index (χ0n) is 7.66. The molecule has 1 aromatic carbocycles. The first-order valence-electron chi connectivity index (χ1n) is 4.11. The Morgan fingerprint density at radius 2 is 2.38 bits per heavy atom. The van der Waals surface area contributed by atoms with Crippen LogP contribution in [0.25, 0.3) is 0 Å². The molecule has 1 atom stereocenters. The molecule has 2 nitrogen and oxygen atoms in total. The van der Waals surface area contributed by atoms with Crippen LogP contribution in [0.2, 0.25) is 0 Å². The van der Waals surface area contributed by atoms with Crippen LogP contribution in [0.3, 0.4) is 0 Å². The average molecular weight is 175 g/mol. The second-order valence-electron chi connectivity index (χ2n) is 2.83. The summed E-state index contributed by atoms with van der Waals surface area (Å²) in [5.41, 5.74) is 6.72. The summed E-state index contributed by atoms with van der Waals surface area (Å²) in [5.74, 6) is 3.32. The third-order valence-corrected chi connectivity index (χ3v) is 1.80. The number of hydrogen-bond acceptors (Lipinski definition) is 2. The SMILES string of the molecule is C#CC(N)Cc1cccc(OC)c1. The lowest BCUT2D eigenvalue weighted by molar-refractivity contribution is 0.414. The van der Waals surface area contributed by atoms with Crippen LogP contribution in [0.4, 0.5) is 0 Å². The molecule has 0 saturated carbocycles. The number of nitrogens with two attached hydrogens (primary N) is 1. The molecule has 0 radical (unpaired) electrons. The van der Waals surface area contributed by atoms with Crippen LogP contribution >= 0.6 is 0 Å². The molecule has 68 valence electrons. The monoisotopic (exact) mass is 175 g/mol. The molecule has 1 rings (SSSR count). The van der Waals surface area contributed by atoms with Crippen LogP contribution in [0.1, 0.15) is 5.56 Å². The summed E-state index contributed by atoms with van der Waals surface area (Å²) in [7, 11) is 1.64. The highest BCUT2D eigenvalue weighted by Crippen LogP contribution is 2.13. The van der Waals surface area contributed by atoms with Crippen LogP contribution in [0.5, 0.6) is 5.75 Å². The molecule has 0 amide bonds. The molecule has 0 saturated heterocycles. The van der Waals surface area contributed by atoms with Crippen molar-refractivity contribution >= 4 is 0 Å². The maximum absolute atomic E-state index is 5.62. The molecule has 0 bridgehead atoms. The van der Waals surface area contributed by atoms with E-state index in [1.54, 1.807) is 7.11 Å². The summed E-state index contributed by atoms with van der Waals surface area (Å²) < 4.78 is 5.08. The van der Waals surface area contributed by atoms with Gasteiger partial charge in [-0.2, -0.15) is 0 Å². The van der Waals surface area contributed by atoms with Gasteiger partial charge in [-0.3, -0.25) is 0 Å². The van der Waals surface area contributed by atoms with E-state index in [4.69, 9.17) is 16.9 Å². The Morgan fingerprint density at radius 3 is 3.00 bits per heavy atom. The summed E-state index contributed by atoms with van der Waals surface area (Å²) in [4.78, 5) is 0. The third kappa shape index (κ3) is 2.81. The second kappa shape index (κ2) is 4.54. The molecular weight excluding hydrogens is 162 g/mol. The standard InChI is InChI=1S/C11H13NO/c1-3-10(12)7-9-5-4-6-11(8-9)13-2/h1,4-6,8,10H,7,12H2,2H3. The van der Waals surface area contributed by atoms with E-state index in [9.17, 15) is 0 Å².